The van der Waals surface area contributed by atoms with Gasteiger partial charge in [0.2, 0.25) is 0 Å². The first kappa shape index (κ1) is 14.6. The molecular formula is C14H22N2O2. The molecule has 2 atom stereocenters. The van der Waals surface area contributed by atoms with Crippen LogP contribution in [0.15, 0.2) is 0 Å². The molecule has 0 spiro atoms. The minimum atomic E-state index is -0.434. The average Bonchev–Trinajstić information content (AvgIpc) is 2.29. The fourth-order valence-electron chi connectivity index (χ4n) is 2.85. The zero-order valence-electron chi connectivity index (χ0n) is 11.7. The summed E-state index contributed by atoms with van der Waals surface area (Å²) < 4.78 is 10.4. The van der Waals surface area contributed by atoms with Crippen LogP contribution in [0.2, 0.25) is 0 Å². The molecule has 0 aromatic carbocycles. The first-order chi connectivity index (χ1) is 8.33. The maximum absolute atomic E-state index is 8.70. The smallest absolute Gasteiger partial charge is 0.286 e. The van der Waals surface area contributed by atoms with E-state index < -0.39 is 11.2 Å². The summed E-state index contributed by atoms with van der Waals surface area (Å²) in [4.78, 5) is 0. The molecule has 1 saturated carbocycles. The molecule has 2 unspecified atom stereocenters. The van der Waals surface area contributed by atoms with E-state index in [-0.39, 0.29) is 0 Å². The zero-order chi connectivity index (χ0) is 13.8. The highest BCUT2D eigenvalue weighted by Gasteiger charge is 2.41. The normalized spacial score (nSPS) is 24.8. The van der Waals surface area contributed by atoms with Crippen molar-refractivity contribution in [2.75, 3.05) is 0 Å². The molecule has 1 aliphatic rings. The first-order valence-corrected chi connectivity index (χ1v) is 6.47. The van der Waals surface area contributed by atoms with E-state index >= 15 is 0 Å². The number of hydrogen-bond acceptors (Lipinski definition) is 4. The van der Waals surface area contributed by atoms with Crippen LogP contribution in [0.1, 0.15) is 53.4 Å². The number of nitrogens with zero attached hydrogens (tertiary/aromatic N) is 2. The lowest BCUT2D eigenvalue weighted by Crippen LogP contribution is -2.42. The molecule has 1 fully saturated rings. The Hall–Kier alpha value is -1.42. The number of ether oxygens (including phenoxy) is 2. The highest BCUT2D eigenvalue weighted by molar-refractivity contribution is 4.92. The maximum Gasteiger partial charge on any atom is 0.286 e. The number of rotatable bonds is 4. The third-order valence-electron chi connectivity index (χ3n) is 4.26. The van der Waals surface area contributed by atoms with E-state index in [1.165, 1.54) is 0 Å². The van der Waals surface area contributed by atoms with Gasteiger partial charge >= 0.3 is 0 Å². The van der Waals surface area contributed by atoms with Crippen molar-refractivity contribution < 1.29 is 9.47 Å². The van der Waals surface area contributed by atoms with Gasteiger partial charge in [-0.2, -0.15) is 10.5 Å². The number of hydrogen-bond donors (Lipinski definition) is 0. The van der Waals surface area contributed by atoms with Crippen LogP contribution < -0.4 is 0 Å². The molecule has 0 N–H and O–H groups in total. The fourth-order valence-corrected chi connectivity index (χ4v) is 2.85. The van der Waals surface area contributed by atoms with Crippen molar-refractivity contribution in [3.8, 4) is 12.5 Å². The summed E-state index contributed by atoms with van der Waals surface area (Å²) in [6.45, 7) is 7.84. The van der Waals surface area contributed by atoms with Gasteiger partial charge in [-0.25, -0.2) is 0 Å². The van der Waals surface area contributed by atoms with Gasteiger partial charge in [0.1, 0.15) is 11.2 Å². The Kier molecular flexibility index (Phi) is 4.46. The van der Waals surface area contributed by atoms with Crippen LogP contribution in [0.5, 0.6) is 0 Å². The molecule has 4 heteroatoms. The number of nitriles is 2. The topological polar surface area (TPSA) is 66.0 Å². The third-order valence-corrected chi connectivity index (χ3v) is 4.26. The van der Waals surface area contributed by atoms with Crippen LogP contribution in [0, 0.1) is 34.9 Å². The van der Waals surface area contributed by atoms with E-state index in [2.05, 4.69) is 0 Å². The van der Waals surface area contributed by atoms with Gasteiger partial charge in [-0.3, -0.25) is 0 Å². The van der Waals surface area contributed by atoms with Gasteiger partial charge in [-0.05, 0) is 58.8 Å². The van der Waals surface area contributed by atoms with Crippen LogP contribution in [0.25, 0.3) is 0 Å². The summed E-state index contributed by atoms with van der Waals surface area (Å²) >= 11 is 0. The molecule has 0 saturated heterocycles. The van der Waals surface area contributed by atoms with Crippen molar-refractivity contribution in [2.45, 2.75) is 64.6 Å². The van der Waals surface area contributed by atoms with Crippen molar-refractivity contribution in [2.24, 2.45) is 11.8 Å². The van der Waals surface area contributed by atoms with Crippen LogP contribution in [0.3, 0.4) is 0 Å². The molecule has 0 amide bonds. The summed E-state index contributed by atoms with van der Waals surface area (Å²) in [5, 5.41) is 17.4. The Balaban J connectivity index is 2.73. The highest BCUT2D eigenvalue weighted by atomic mass is 16.5. The van der Waals surface area contributed by atoms with Crippen molar-refractivity contribution in [3.05, 3.63) is 0 Å². The predicted molar refractivity (Wildman–Crippen MR) is 67.0 cm³/mol. The lowest BCUT2D eigenvalue weighted by atomic mass is 9.69. The molecule has 1 rings (SSSR count). The van der Waals surface area contributed by atoms with E-state index in [0.717, 1.165) is 25.7 Å². The molecule has 0 heterocycles. The monoisotopic (exact) mass is 250 g/mol. The summed E-state index contributed by atoms with van der Waals surface area (Å²) in [5.41, 5.74) is -0.869. The molecule has 4 nitrogen and oxygen atoms in total. The first-order valence-electron chi connectivity index (χ1n) is 6.47. The molecule has 0 bridgehead atoms. The Morgan fingerprint density at radius 1 is 0.889 bits per heavy atom. The molecule has 0 radical (unpaired) electrons. The lowest BCUT2D eigenvalue weighted by molar-refractivity contribution is -0.0571. The molecule has 1 aliphatic carbocycles. The second kappa shape index (κ2) is 5.48. The van der Waals surface area contributed by atoms with E-state index in [9.17, 15) is 0 Å². The molecule has 0 aromatic heterocycles. The van der Waals surface area contributed by atoms with E-state index in [1.54, 1.807) is 12.5 Å². The van der Waals surface area contributed by atoms with E-state index in [0.29, 0.717) is 11.8 Å². The van der Waals surface area contributed by atoms with Gasteiger partial charge in [0.15, 0.2) is 0 Å². The quantitative estimate of drug-likeness (QED) is 0.718. The highest BCUT2D eigenvalue weighted by Crippen LogP contribution is 2.42. The second-order valence-electron chi connectivity index (χ2n) is 6.15. The predicted octanol–water partition coefficient (Wildman–Crippen LogP) is 3.35. The van der Waals surface area contributed by atoms with Gasteiger partial charge in [0.05, 0.1) is 0 Å². The van der Waals surface area contributed by atoms with Gasteiger partial charge in [-0.15, -0.1) is 0 Å². The standard InChI is InChI=1S/C14H22N2O2/c1-13(2,17-9-15)11-6-5-7-12(8-11)14(3,4)18-10-16/h11-12H,5-8H2,1-4H3. The van der Waals surface area contributed by atoms with Crippen LogP contribution in [-0.2, 0) is 9.47 Å². The van der Waals surface area contributed by atoms with Crippen LogP contribution >= 0.6 is 0 Å². The average molecular weight is 250 g/mol. The van der Waals surface area contributed by atoms with Gasteiger partial charge in [-0.1, -0.05) is 6.42 Å². The lowest BCUT2D eigenvalue weighted by Gasteiger charge is -2.42. The third kappa shape index (κ3) is 3.29. The Morgan fingerprint density at radius 2 is 1.28 bits per heavy atom. The minimum Gasteiger partial charge on any atom is -0.421 e. The SMILES string of the molecule is CC(C)(OC#N)C1CCCC(C(C)(C)OC#N)C1. The Labute approximate surface area is 109 Å². The summed E-state index contributed by atoms with van der Waals surface area (Å²) in [7, 11) is 0. The largest absolute Gasteiger partial charge is 0.421 e. The second-order valence-corrected chi connectivity index (χ2v) is 6.15. The summed E-state index contributed by atoms with van der Waals surface area (Å²) in [5.74, 6) is 0.662. The van der Waals surface area contributed by atoms with Gasteiger partial charge in [0.25, 0.3) is 12.5 Å². The Bertz CT molecular complexity index is 329. The Morgan fingerprint density at radius 3 is 1.61 bits per heavy atom. The van der Waals surface area contributed by atoms with Gasteiger partial charge < -0.3 is 9.47 Å². The maximum atomic E-state index is 8.70. The molecule has 18 heavy (non-hydrogen) atoms. The van der Waals surface area contributed by atoms with E-state index in [4.69, 9.17) is 20.0 Å². The minimum absolute atomic E-state index is 0.331. The molecule has 0 aromatic rings. The fraction of sp³-hybridized carbons (Fsp3) is 0.857. The van der Waals surface area contributed by atoms with Crippen molar-refractivity contribution >= 4 is 0 Å². The van der Waals surface area contributed by atoms with Crippen molar-refractivity contribution in [1.29, 1.82) is 10.5 Å². The molecular weight excluding hydrogens is 228 g/mol. The van der Waals surface area contributed by atoms with Crippen molar-refractivity contribution in [1.82, 2.24) is 0 Å². The summed E-state index contributed by atoms with van der Waals surface area (Å²) in [6.07, 6.45) is 7.75. The van der Waals surface area contributed by atoms with Crippen molar-refractivity contribution in [3.63, 3.8) is 0 Å². The van der Waals surface area contributed by atoms with Crippen LogP contribution in [-0.4, -0.2) is 11.2 Å². The summed E-state index contributed by atoms with van der Waals surface area (Å²) in [6, 6.07) is 0. The zero-order valence-corrected chi connectivity index (χ0v) is 11.7. The van der Waals surface area contributed by atoms with Gasteiger partial charge in [0, 0.05) is 0 Å². The molecule has 0 aliphatic heterocycles. The molecule has 100 valence electrons. The van der Waals surface area contributed by atoms with E-state index in [1.807, 2.05) is 27.7 Å². The van der Waals surface area contributed by atoms with Crippen LogP contribution in [0.4, 0.5) is 0 Å².